The molecule has 1 aromatic carbocycles. The van der Waals surface area contributed by atoms with Crippen LogP contribution in [0.4, 0.5) is 0 Å². The molecule has 0 unspecified atom stereocenters. The Morgan fingerprint density at radius 2 is 2.17 bits per heavy atom. The topological polar surface area (TPSA) is 29.4 Å². The third-order valence-electron chi connectivity index (χ3n) is 1.10. The van der Waals surface area contributed by atoms with E-state index in [1.807, 2.05) is 0 Å². The van der Waals surface area contributed by atoms with E-state index in [1.54, 1.807) is 18.2 Å². The number of hydrogen-bond donors (Lipinski definition) is 0. The Hall–Kier alpha value is -0.470. The molecule has 0 radical (unpaired) electrons. The van der Waals surface area contributed by atoms with Crippen molar-refractivity contribution < 1.29 is 4.79 Å². The van der Waals surface area contributed by atoms with E-state index >= 15 is 0 Å². The maximum Gasteiger partial charge on any atom is 0.247 e. The Labute approximate surface area is 83.7 Å². The van der Waals surface area contributed by atoms with Gasteiger partial charge in [-0.3, -0.25) is 0 Å². The van der Waals surface area contributed by atoms with Crippen LogP contribution in [0.25, 0.3) is 0 Å². The van der Waals surface area contributed by atoms with Crippen LogP contribution >= 0.6 is 35.1 Å². The van der Waals surface area contributed by atoms with Gasteiger partial charge < -0.3 is 0 Å². The molecular formula is C7H3Cl2NOS. The average Bonchev–Trinajstić information content (AvgIpc) is 2.08. The smallest absolute Gasteiger partial charge is 0.210 e. The van der Waals surface area contributed by atoms with Crippen LogP contribution in [-0.4, -0.2) is 6.08 Å². The van der Waals surface area contributed by atoms with Crippen molar-refractivity contribution in [2.75, 3.05) is 0 Å². The zero-order valence-corrected chi connectivity index (χ0v) is 8.08. The normalized spacial score (nSPS) is 9.17. The van der Waals surface area contributed by atoms with Gasteiger partial charge in [0, 0.05) is 11.9 Å². The van der Waals surface area contributed by atoms with Crippen molar-refractivity contribution in [1.29, 1.82) is 0 Å². The Morgan fingerprint density at radius 1 is 1.42 bits per heavy atom. The summed E-state index contributed by atoms with van der Waals surface area (Å²) in [6, 6.07) is 5.12. The van der Waals surface area contributed by atoms with Crippen LogP contribution in [0.1, 0.15) is 0 Å². The number of hydrogen-bond acceptors (Lipinski definition) is 3. The van der Waals surface area contributed by atoms with Gasteiger partial charge >= 0.3 is 0 Å². The van der Waals surface area contributed by atoms with Gasteiger partial charge in [0.2, 0.25) is 6.08 Å². The van der Waals surface area contributed by atoms with Gasteiger partial charge in [-0.05, 0) is 12.1 Å². The Kier molecular flexibility index (Phi) is 3.63. The summed E-state index contributed by atoms with van der Waals surface area (Å²) in [4.78, 5) is 10.4. The molecule has 5 heteroatoms. The largest absolute Gasteiger partial charge is 0.247 e. The Bertz CT molecular complexity index is 336. The maximum absolute atomic E-state index is 9.79. The van der Waals surface area contributed by atoms with Crippen molar-refractivity contribution in [2.24, 2.45) is 4.40 Å². The first-order valence-corrected chi connectivity index (χ1v) is 4.47. The summed E-state index contributed by atoms with van der Waals surface area (Å²) >= 11 is 12.4. The second-order valence-corrected chi connectivity index (χ2v) is 3.42. The molecule has 0 amide bonds. The molecule has 0 saturated heterocycles. The first-order valence-electron chi connectivity index (χ1n) is 2.94. The first kappa shape index (κ1) is 9.62. The lowest BCUT2D eigenvalue weighted by Crippen LogP contribution is -1.72. The Morgan fingerprint density at radius 3 is 2.83 bits per heavy atom. The molecule has 0 aliphatic carbocycles. The van der Waals surface area contributed by atoms with Crippen molar-refractivity contribution in [3.63, 3.8) is 0 Å². The van der Waals surface area contributed by atoms with Crippen molar-refractivity contribution >= 4 is 41.2 Å². The van der Waals surface area contributed by atoms with Crippen LogP contribution in [0.3, 0.4) is 0 Å². The molecule has 0 atom stereocenters. The second-order valence-electron chi connectivity index (χ2n) is 1.83. The molecule has 0 N–H and O–H groups in total. The predicted molar refractivity (Wildman–Crippen MR) is 50.4 cm³/mol. The fourth-order valence-corrected chi connectivity index (χ4v) is 1.55. The second kappa shape index (κ2) is 4.53. The summed E-state index contributed by atoms with van der Waals surface area (Å²) in [6.07, 6.45) is 1.40. The van der Waals surface area contributed by atoms with Gasteiger partial charge in [0.15, 0.2) is 0 Å². The van der Waals surface area contributed by atoms with Gasteiger partial charge in [0.25, 0.3) is 0 Å². The number of benzene rings is 1. The first-order chi connectivity index (χ1) is 5.75. The van der Waals surface area contributed by atoms with E-state index in [0.717, 1.165) is 11.9 Å². The minimum atomic E-state index is 0.406. The van der Waals surface area contributed by atoms with Crippen molar-refractivity contribution in [3.8, 4) is 0 Å². The van der Waals surface area contributed by atoms with E-state index < -0.39 is 0 Å². The quantitative estimate of drug-likeness (QED) is 0.434. The SMILES string of the molecule is O=C=NSc1cccc(Cl)c1Cl. The highest BCUT2D eigenvalue weighted by molar-refractivity contribution is 7.98. The zero-order valence-electron chi connectivity index (χ0n) is 5.75. The van der Waals surface area contributed by atoms with Crippen LogP contribution in [-0.2, 0) is 4.79 Å². The molecule has 0 saturated carbocycles. The lowest BCUT2D eigenvalue weighted by molar-refractivity contribution is 0.566. The van der Waals surface area contributed by atoms with Crippen molar-refractivity contribution in [3.05, 3.63) is 28.2 Å². The van der Waals surface area contributed by atoms with Crippen molar-refractivity contribution in [2.45, 2.75) is 4.90 Å². The van der Waals surface area contributed by atoms with Gasteiger partial charge in [-0.25, -0.2) is 4.79 Å². The summed E-state index contributed by atoms with van der Waals surface area (Å²) < 4.78 is 3.31. The summed E-state index contributed by atoms with van der Waals surface area (Å²) in [5.74, 6) is 0. The van der Waals surface area contributed by atoms with Gasteiger partial charge in [-0.2, -0.15) is 0 Å². The van der Waals surface area contributed by atoms with Gasteiger partial charge in [-0.1, -0.05) is 29.3 Å². The molecule has 0 aromatic heterocycles. The maximum atomic E-state index is 9.79. The minimum Gasteiger partial charge on any atom is -0.210 e. The molecule has 0 aliphatic rings. The number of nitrogens with zero attached hydrogens (tertiary/aromatic N) is 1. The van der Waals surface area contributed by atoms with E-state index in [2.05, 4.69) is 4.40 Å². The van der Waals surface area contributed by atoms with Gasteiger partial charge in [0.05, 0.1) is 14.9 Å². The lowest BCUT2D eigenvalue weighted by atomic mass is 10.4. The molecule has 12 heavy (non-hydrogen) atoms. The average molecular weight is 220 g/mol. The van der Waals surface area contributed by atoms with Crippen LogP contribution in [0, 0.1) is 0 Å². The van der Waals surface area contributed by atoms with E-state index in [4.69, 9.17) is 23.2 Å². The van der Waals surface area contributed by atoms with E-state index in [1.165, 1.54) is 6.08 Å². The molecule has 0 heterocycles. The van der Waals surface area contributed by atoms with Crippen molar-refractivity contribution in [1.82, 2.24) is 0 Å². The van der Waals surface area contributed by atoms with Crippen LogP contribution in [0.2, 0.25) is 10.0 Å². The van der Waals surface area contributed by atoms with E-state index in [9.17, 15) is 4.79 Å². The van der Waals surface area contributed by atoms with Gasteiger partial charge in [-0.15, -0.1) is 4.40 Å². The predicted octanol–water partition coefficient (Wildman–Crippen LogP) is 3.34. The molecule has 0 bridgehead atoms. The van der Waals surface area contributed by atoms with Crippen LogP contribution in [0.15, 0.2) is 27.5 Å². The highest BCUT2D eigenvalue weighted by atomic mass is 35.5. The lowest BCUT2D eigenvalue weighted by Gasteiger charge is -1.98. The zero-order chi connectivity index (χ0) is 8.97. The van der Waals surface area contributed by atoms with Gasteiger partial charge in [0.1, 0.15) is 0 Å². The van der Waals surface area contributed by atoms with Crippen LogP contribution in [0.5, 0.6) is 0 Å². The highest BCUT2D eigenvalue weighted by Gasteiger charge is 2.03. The number of rotatable bonds is 2. The molecule has 0 aliphatic heterocycles. The molecule has 0 fully saturated rings. The number of halogens is 2. The third-order valence-corrected chi connectivity index (χ3v) is 2.73. The fourth-order valence-electron chi connectivity index (χ4n) is 0.622. The Balaban J connectivity index is 2.99. The summed E-state index contributed by atoms with van der Waals surface area (Å²) in [5.41, 5.74) is 0. The number of isocyanates is 1. The molecule has 1 aromatic rings. The summed E-state index contributed by atoms with van der Waals surface area (Å²) in [5, 5.41) is 0.853. The molecule has 1 rings (SSSR count). The number of carbonyl (C=O) groups excluding carboxylic acids is 1. The monoisotopic (exact) mass is 219 g/mol. The van der Waals surface area contributed by atoms with E-state index in [0.29, 0.717) is 14.9 Å². The minimum absolute atomic E-state index is 0.406. The standard InChI is InChI=1S/C7H3Cl2NOS/c8-5-2-1-3-6(7(5)9)12-10-4-11/h1-3H. The van der Waals surface area contributed by atoms with Crippen LogP contribution < -0.4 is 0 Å². The summed E-state index contributed by atoms with van der Waals surface area (Å²) in [7, 11) is 0. The fraction of sp³-hybridized carbons (Fsp3) is 0. The molecular weight excluding hydrogens is 217 g/mol. The van der Waals surface area contributed by atoms with E-state index in [-0.39, 0.29) is 0 Å². The molecule has 62 valence electrons. The third kappa shape index (κ3) is 2.26. The summed E-state index contributed by atoms with van der Waals surface area (Å²) in [6.45, 7) is 0. The highest BCUT2D eigenvalue weighted by Crippen LogP contribution is 2.32. The molecule has 2 nitrogen and oxygen atoms in total. The molecule has 0 spiro atoms.